The van der Waals surface area contributed by atoms with E-state index in [0.29, 0.717) is 24.6 Å². The first-order chi connectivity index (χ1) is 9.93. The highest BCUT2D eigenvalue weighted by Gasteiger charge is 2.33. The van der Waals surface area contributed by atoms with Gasteiger partial charge in [-0.15, -0.1) is 0 Å². The van der Waals surface area contributed by atoms with Crippen molar-refractivity contribution >= 4 is 11.5 Å². The van der Waals surface area contributed by atoms with E-state index in [-0.39, 0.29) is 0 Å². The van der Waals surface area contributed by atoms with Crippen LogP contribution in [0.2, 0.25) is 0 Å². The summed E-state index contributed by atoms with van der Waals surface area (Å²) in [6.45, 7) is 1.17. The monoisotopic (exact) mass is 293 g/mol. The SMILES string of the molecule is Nc1ccc2c(c1)CN(c1cccc(C(F)(F)F)n1)CC2. The van der Waals surface area contributed by atoms with Crippen molar-refractivity contribution in [2.24, 2.45) is 0 Å². The molecule has 2 heterocycles. The van der Waals surface area contributed by atoms with E-state index in [1.165, 1.54) is 11.6 Å². The standard InChI is InChI=1S/C15H14F3N3/c16-15(17,18)13-2-1-3-14(20-13)21-7-6-10-4-5-12(19)8-11(10)9-21/h1-5,8H,6-7,9,19H2. The third-order valence-corrected chi connectivity index (χ3v) is 3.59. The Hall–Kier alpha value is -2.24. The second kappa shape index (κ2) is 4.95. The Bertz CT molecular complexity index is 667. The Morgan fingerprint density at radius 1 is 1.10 bits per heavy atom. The van der Waals surface area contributed by atoms with Gasteiger partial charge in [-0.25, -0.2) is 4.98 Å². The largest absolute Gasteiger partial charge is 0.433 e. The van der Waals surface area contributed by atoms with Gasteiger partial charge in [-0.05, 0) is 41.8 Å². The fourth-order valence-electron chi connectivity index (χ4n) is 2.53. The van der Waals surface area contributed by atoms with E-state index in [1.807, 2.05) is 23.1 Å². The lowest BCUT2D eigenvalue weighted by atomic mass is 9.99. The van der Waals surface area contributed by atoms with Crippen LogP contribution < -0.4 is 10.6 Å². The fraction of sp³-hybridized carbons (Fsp3) is 0.267. The number of rotatable bonds is 1. The van der Waals surface area contributed by atoms with Crippen LogP contribution in [0.1, 0.15) is 16.8 Å². The van der Waals surface area contributed by atoms with Gasteiger partial charge in [0.1, 0.15) is 11.5 Å². The number of pyridine rings is 1. The lowest BCUT2D eigenvalue weighted by Crippen LogP contribution is -2.31. The number of aromatic nitrogens is 1. The first-order valence-corrected chi connectivity index (χ1v) is 6.60. The van der Waals surface area contributed by atoms with E-state index in [4.69, 9.17) is 5.73 Å². The lowest BCUT2D eigenvalue weighted by Gasteiger charge is -2.30. The van der Waals surface area contributed by atoms with E-state index < -0.39 is 11.9 Å². The lowest BCUT2D eigenvalue weighted by molar-refractivity contribution is -0.141. The van der Waals surface area contributed by atoms with Gasteiger partial charge in [-0.1, -0.05) is 12.1 Å². The van der Waals surface area contributed by atoms with Crippen molar-refractivity contribution < 1.29 is 13.2 Å². The summed E-state index contributed by atoms with van der Waals surface area (Å²) >= 11 is 0. The topological polar surface area (TPSA) is 42.1 Å². The van der Waals surface area contributed by atoms with E-state index in [1.54, 1.807) is 6.07 Å². The van der Waals surface area contributed by atoms with E-state index in [9.17, 15) is 13.2 Å². The van der Waals surface area contributed by atoms with Crippen LogP contribution in [0, 0.1) is 0 Å². The molecule has 3 rings (SSSR count). The molecule has 0 bridgehead atoms. The second-order valence-corrected chi connectivity index (χ2v) is 5.08. The van der Waals surface area contributed by atoms with Gasteiger partial charge in [-0.2, -0.15) is 13.2 Å². The minimum atomic E-state index is -4.42. The zero-order valence-corrected chi connectivity index (χ0v) is 11.2. The Kier molecular flexibility index (Phi) is 3.23. The molecule has 1 aromatic carbocycles. The minimum Gasteiger partial charge on any atom is -0.399 e. The van der Waals surface area contributed by atoms with E-state index >= 15 is 0 Å². The molecule has 0 radical (unpaired) electrons. The summed E-state index contributed by atoms with van der Waals surface area (Å²) in [5.41, 5.74) is 7.79. The molecule has 0 unspecified atom stereocenters. The predicted molar refractivity (Wildman–Crippen MR) is 74.8 cm³/mol. The molecule has 1 aromatic heterocycles. The van der Waals surface area contributed by atoms with E-state index in [2.05, 4.69) is 4.98 Å². The number of benzene rings is 1. The van der Waals surface area contributed by atoms with Crippen molar-refractivity contribution in [3.05, 3.63) is 53.2 Å². The molecule has 0 amide bonds. The van der Waals surface area contributed by atoms with Crippen LogP contribution in [0.15, 0.2) is 36.4 Å². The van der Waals surface area contributed by atoms with Crippen LogP contribution >= 0.6 is 0 Å². The number of nitrogen functional groups attached to an aromatic ring is 1. The molecule has 6 heteroatoms. The molecule has 21 heavy (non-hydrogen) atoms. The number of halogens is 3. The first-order valence-electron chi connectivity index (χ1n) is 6.60. The Morgan fingerprint density at radius 2 is 1.90 bits per heavy atom. The third-order valence-electron chi connectivity index (χ3n) is 3.59. The van der Waals surface area contributed by atoms with Gasteiger partial charge < -0.3 is 10.6 Å². The van der Waals surface area contributed by atoms with Crippen LogP contribution in [0.4, 0.5) is 24.7 Å². The first kappa shape index (κ1) is 13.7. The maximum absolute atomic E-state index is 12.7. The van der Waals surface area contributed by atoms with Gasteiger partial charge in [0.15, 0.2) is 0 Å². The van der Waals surface area contributed by atoms with Gasteiger partial charge in [0, 0.05) is 18.8 Å². The average molecular weight is 293 g/mol. The van der Waals surface area contributed by atoms with Crippen molar-refractivity contribution in [1.82, 2.24) is 4.98 Å². The summed E-state index contributed by atoms with van der Waals surface area (Å²) < 4.78 is 38.2. The highest BCUT2D eigenvalue weighted by molar-refractivity contribution is 5.50. The molecule has 0 saturated heterocycles. The number of nitrogens with zero attached hydrogens (tertiary/aromatic N) is 2. The quantitative estimate of drug-likeness (QED) is 0.821. The minimum absolute atomic E-state index is 0.345. The van der Waals surface area contributed by atoms with Crippen molar-refractivity contribution in [2.75, 3.05) is 17.2 Å². The molecule has 0 fully saturated rings. The Balaban J connectivity index is 1.89. The normalized spacial score (nSPS) is 14.9. The molecule has 0 saturated carbocycles. The zero-order valence-electron chi connectivity index (χ0n) is 11.2. The van der Waals surface area contributed by atoms with Crippen LogP contribution in [0.3, 0.4) is 0 Å². The Morgan fingerprint density at radius 3 is 2.67 bits per heavy atom. The third kappa shape index (κ3) is 2.79. The van der Waals surface area contributed by atoms with Gasteiger partial charge in [-0.3, -0.25) is 0 Å². The molecule has 110 valence electrons. The number of anilines is 2. The van der Waals surface area contributed by atoms with Crippen molar-refractivity contribution in [3.63, 3.8) is 0 Å². The molecular formula is C15H14F3N3. The van der Waals surface area contributed by atoms with Gasteiger partial charge >= 0.3 is 6.18 Å². The van der Waals surface area contributed by atoms with Gasteiger partial charge in [0.05, 0.1) is 0 Å². The molecular weight excluding hydrogens is 279 g/mol. The summed E-state index contributed by atoms with van der Waals surface area (Å²) in [4.78, 5) is 5.58. The molecule has 3 nitrogen and oxygen atoms in total. The van der Waals surface area contributed by atoms with Crippen LogP contribution in [0.25, 0.3) is 0 Å². The summed E-state index contributed by atoms with van der Waals surface area (Å²) in [5.74, 6) is 0.345. The number of hydrogen-bond acceptors (Lipinski definition) is 3. The highest BCUT2D eigenvalue weighted by atomic mass is 19.4. The summed E-state index contributed by atoms with van der Waals surface area (Å²) in [7, 11) is 0. The smallest absolute Gasteiger partial charge is 0.399 e. The number of nitrogens with two attached hydrogens (primary N) is 1. The van der Waals surface area contributed by atoms with Crippen LogP contribution in [0.5, 0.6) is 0 Å². The molecule has 1 aliphatic heterocycles. The highest BCUT2D eigenvalue weighted by Crippen LogP contribution is 2.30. The van der Waals surface area contributed by atoms with Crippen LogP contribution in [-0.4, -0.2) is 11.5 Å². The van der Waals surface area contributed by atoms with Crippen LogP contribution in [-0.2, 0) is 19.1 Å². The average Bonchev–Trinajstić information content (AvgIpc) is 2.45. The summed E-state index contributed by atoms with van der Waals surface area (Å²) in [6.07, 6.45) is -3.65. The maximum atomic E-state index is 12.7. The number of alkyl halides is 3. The Labute approximate surface area is 120 Å². The van der Waals surface area contributed by atoms with Crippen molar-refractivity contribution in [3.8, 4) is 0 Å². The molecule has 0 aliphatic carbocycles. The van der Waals surface area contributed by atoms with Crippen molar-refractivity contribution in [1.29, 1.82) is 0 Å². The van der Waals surface area contributed by atoms with Crippen molar-refractivity contribution in [2.45, 2.75) is 19.1 Å². The van der Waals surface area contributed by atoms with Gasteiger partial charge in [0.2, 0.25) is 0 Å². The predicted octanol–water partition coefficient (Wildman–Crippen LogP) is 3.25. The second-order valence-electron chi connectivity index (χ2n) is 5.08. The molecule has 1 aliphatic rings. The number of fused-ring (bicyclic) bond motifs is 1. The molecule has 2 N–H and O–H groups in total. The zero-order chi connectivity index (χ0) is 15.0. The molecule has 0 spiro atoms. The van der Waals surface area contributed by atoms with E-state index in [0.717, 1.165) is 18.1 Å². The van der Waals surface area contributed by atoms with Gasteiger partial charge in [0.25, 0.3) is 0 Å². The molecule has 0 atom stereocenters. The summed E-state index contributed by atoms with van der Waals surface area (Å²) in [6, 6.07) is 9.67. The fourth-order valence-corrected chi connectivity index (χ4v) is 2.53. The number of hydrogen-bond donors (Lipinski definition) is 1. The maximum Gasteiger partial charge on any atom is 0.433 e. The molecule has 2 aromatic rings. The summed E-state index contributed by atoms with van der Waals surface area (Å²) in [5, 5.41) is 0.